The Morgan fingerprint density at radius 1 is 0.975 bits per heavy atom. The second kappa shape index (κ2) is 12.1. The largest absolute Gasteiger partial charge is 0.508 e. The molecule has 0 amide bonds. The van der Waals surface area contributed by atoms with Crippen LogP contribution in [-0.2, 0) is 16.0 Å². The molecular formula is C31H28N4O5. The number of anilines is 2. The molecule has 0 aliphatic heterocycles. The van der Waals surface area contributed by atoms with Gasteiger partial charge in [0, 0.05) is 30.9 Å². The minimum atomic E-state index is -1.50. The summed E-state index contributed by atoms with van der Waals surface area (Å²) in [6.07, 6.45) is 3.66. The molecule has 0 radical (unpaired) electrons. The number of methoxy groups -OCH3 is 3. The van der Waals surface area contributed by atoms with Crippen LogP contribution < -0.4 is 20.9 Å². The zero-order chi connectivity index (χ0) is 28.7. The Balaban J connectivity index is 1.91. The fraction of sp³-hybridized carbons (Fsp3) is 0.194. The number of aromatic nitrogens is 2. The van der Waals surface area contributed by atoms with E-state index in [0.717, 1.165) is 0 Å². The van der Waals surface area contributed by atoms with Gasteiger partial charge in [0.25, 0.3) is 0 Å². The highest BCUT2D eigenvalue weighted by atomic mass is 16.5. The van der Waals surface area contributed by atoms with Crippen LogP contribution in [-0.4, -0.2) is 48.3 Å². The van der Waals surface area contributed by atoms with E-state index >= 15 is 0 Å². The molecule has 1 aliphatic carbocycles. The van der Waals surface area contributed by atoms with Crippen LogP contribution >= 0.6 is 0 Å². The number of benzene rings is 2. The molecule has 2 aromatic carbocycles. The summed E-state index contributed by atoms with van der Waals surface area (Å²) >= 11 is 0. The Morgan fingerprint density at radius 3 is 2.17 bits per heavy atom. The minimum Gasteiger partial charge on any atom is -0.508 e. The second-order valence-electron chi connectivity index (χ2n) is 8.79. The van der Waals surface area contributed by atoms with Gasteiger partial charge in [-0.25, -0.2) is 4.98 Å². The van der Waals surface area contributed by atoms with Crippen molar-refractivity contribution < 1.29 is 24.1 Å². The number of aldehydes is 1. The van der Waals surface area contributed by atoms with E-state index < -0.39 is 11.5 Å². The van der Waals surface area contributed by atoms with Gasteiger partial charge in [0.1, 0.15) is 35.0 Å². The van der Waals surface area contributed by atoms with Gasteiger partial charge in [-0.3, -0.25) is 4.79 Å². The van der Waals surface area contributed by atoms with Gasteiger partial charge in [0.05, 0.1) is 36.8 Å². The van der Waals surface area contributed by atoms with Crippen molar-refractivity contribution in [2.75, 3.05) is 32.8 Å². The Hall–Kier alpha value is -5.25. The van der Waals surface area contributed by atoms with E-state index in [-0.39, 0.29) is 35.1 Å². The highest BCUT2D eigenvalue weighted by Gasteiger charge is 2.42. The number of carbonyl (C=O) groups is 1. The molecule has 0 saturated heterocycles. The summed E-state index contributed by atoms with van der Waals surface area (Å²) < 4.78 is 16.7. The summed E-state index contributed by atoms with van der Waals surface area (Å²) in [6, 6.07) is 14.4. The van der Waals surface area contributed by atoms with Gasteiger partial charge in [-0.1, -0.05) is 47.9 Å². The number of nitrogen functional groups attached to an aromatic ring is 2. The number of allylic oxidation sites excluding steroid dienone is 2. The predicted molar refractivity (Wildman–Crippen MR) is 151 cm³/mol. The quantitative estimate of drug-likeness (QED) is 0.319. The van der Waals surface area contributed by atoms with Crippen LogP contribution in [0.25, 0.3) is 0 Å². The van der Waals surface area contributed by atoms with E-state index in [9.17, 15) is 9.90 Å². The SMILES string of the molecule is COc1ccccc1C#CC1=C(O)C(Cc2cnc(N)nc2N)(OC)C=C(C=O)C1C#Cc1ccccc1OC. The van der Waals surface area contributed by atoms with Crippen molar-refractivity contribution in [3.63, 3.8) is 0 Å². The molecule has 40 heavy (non-hydrogen) atoms. The zero-order valence-electron chi connectivity index (χ0n) is 22.3. The molecule has 4 rings (SSSR count). The lowest BCUT2D eigenvalue weighted by atomic mass is 9.76. The number of aliphatic hydroxyl groups excluding tert-OH is 1. The molecule has 2 unspecified atom stereocenters. The van der Waals surface area contributed by atoms with Crippen molar-refractivity contribution in [1.82, 2.24) is 9.97 Å². The first kappa shape index (κ1) is 27.8. The number of hydrogen-bond donors (Lipinski definition) is 3. The molecule has 5 N–H and O–H groups in total. The second-order valence-corrected chi connectivity index (χ2v) is 8.79. The highest BCUT2D eigenvalue weighted by Crippen LogP contribution is 2.39. The molecule has 0 spiro atoms. The third-order valence-electron chi connectivity index (χ3n) is 6.44. The Labute approximate surface area is 232 Å². The van der Waals surface area contributed by atoms with E-state index in [0.29, 0.717) is 34.5 Å². The summed E-state index contributed by atoms with van der Waals surface area (Å²) in [7, 11) is 4.50. The van der Waals surface area contributed by atoms with Crippen molar-refractivity contribution in [1.29, 1.82) is 0 Å². The molecule has 202 valence electrons. The number of aliphatic hydroxyl groups is 1. The van der Waals surface area contributed by atoms with E-state index in [2.05, 4.69) is 33.6 Å². The van der Waals surface area contributed by atoms with Gasteiger partial charge in [-0.05, 0) is 30.3 Å². The third kappa shape index (κ3) is 5.60. The summed E-state index contributed by atoms with van der Waals surface area (Å²) in [6.45, 7) is 0. The average molecular weight is 537 g/mol. The fourth-order valence-electron chi connectivity index (χ4n) is 4.34. The van der Waals surface area contributed by atoms with Crippen LogP contribution in [0.5, 0.6) is 11.5 Å². The van der Waals surface area contributed by atoms with E-state index in [4.69, 9.17) is 25.7 Å². The molecular weight excluding hydrogens is 508 g/mol. The number of ether oxygens (including phenoxy) is 3. The minimum absolute atomic E-state index is 0.00524. The van der Waals surface area contributed by atoms with Crippen LogP contribution in [0.3, 0.4) is 0 Å². The molecule has 9 heteroatoms. The summed E-state index contributed by atoms with van der Waals surface area (Å²) in [5, 5.41) is 11.7. The smallest absolute Gasteiger partial charge is 0.221 e. The predicted octanol–water partition coefficient (Wildman–Crippen LogP) is 3.26. The Kier molecular flexibility index (Phi) is 8.39. The molecule has 3 aromatic rings. The van der Waals surface area contributed by atoms with Crippen LogP contribution in [0.1, 0.15) is 16.7 Å². The summed E-state index contributed by atoms with van der Waals surface area (Å²) in [4.78, 5) is 20.5. The van der Waals surface area contributed by atoms with Gasteiger partial charge in [0.15, 0.2) is 0 Å². The van der Waals surface area contributed by atoms with Crippen molar-refractivity contribution in [3.05, 3.63) is 94.4 Å². The van der Waals surface area contributed by atoms with Gasteiger partial charge in [-0.2, -0.15) is 4.98 Å². The van der Waals surface area contributed by atoms with Crippen LogP contribution in [0.4, 0.5) is 11.8 Å². The van der Waals surface area contributed by atoms with E-state index in [1.54, 1.807) is 38.5 Å². The maximum Gasteiger partial charge on any atom is 0.221 e. The highest BCUT2D eigenvalue weighted by molar-refractivity contribution is 5.80. The van der Waals surface area contributed by atoms with Gasteiger partial charge in [-0.15, -0.1) is 0 Å². The molecule has 1 heterocycles. The van der Waals surface area contributed by atoms with Crippen LogP contribution in [0, 0.1) is 29.6 Å². The summed E-state index contributed by atoms with van der Waals surface area (Å²) in [5.74, 6) is 12.4. The van der Waals surface area contributed by atoms with Gasteiger partial charge in [0.2, 0.25) is 5.95 Å². The lowest BCUT2D eigenvalue weighted by Crippen LogP contribution is -2.40. The van der Waals surface area contributed by atoms with Gasteiger partial charge >= 0.3 is 0 Å². The number of para-hydroxylation sites is 2. The number of hydrogen-bond acceptors (Lipinski definition) is 9. The number of nitrogens with two attached hydrogens (primary N) is 2. The monoisotopic (exact) mass is 536 g/mol. The molecule has 0 bridgehead atoms. The topological polar surface area (TPSA) is 143 Å². The van der Waals surface area contributed by atoms with Crippen molar-refractivity contribution in [2.45, 2.75) is 12.0 Å². The normalized spacial score (nSPS) is 18.0. The maximum absolute atomic E-state index is 12.4. The van der Waals surface area contributed by atoms with Crippen molar-refractivity contribution in [2.24, 2.45) is 5.92 Å². The Bertz CT molecular complexity index is 1620. The molecule has 0 saturated carbocycles. The first-order valence-electron chi connectivity index (χ1n) is 12.2. The molecule has 9 nitrogen and oxygen atoms in total. The van der Waals surface area contributed by atoms with E-state index in [1.165, 1.54) is 19.4 Å². The molecule has 1 aliphatic rings. The summed E-state index contributed by atoms with van der Waals surface area (Å²) in [5.41, 5.74) is 12.3. The standard InChI is InChI=1S/C31H28N4O5/c1-38-26-10-6-4-8-20(26)12-14-24-23(19-36)17-31(40-3,16-22-18-34-30(33)35-29(22)32)28(37)25(24)15-13-21-9-5-7-11-27(21)39-2/h4-11,17-19,24,37H,16H2,1-3H3,(H4,32,33,34,35). The van der Waals surface area contributed by atoms with E-state index in [1.807, 2.05) is 24.3 Å². The lowest BCUT2D eigenvalue weighted by Gasteiger charge is -2.35. The van der Waals surface area contributed by atoms with Crippen molar-refractivity contribution in [3.8, 4) is 35.2 Å². The average Bonchev–Trinajstić information content (AvgIpc) is 2.98. The van der Waals surface area contributed by atoms with Gasteiger partial charge < -0.3 is 30.8 Å². The lowest BCUT2D eigenvalue weighted by molar-refractivity contribution is -0.105. The van der Waals surface area contributed by atoms with Crippen LogP contribution in [0.15, 0.2) is 77.7 Å². The zero-order valence-corrected chi connectivity index (χ0v) is 22.3. The number of carbonyl (C=O) groups excluding carboxylic acids is 1. The van der Waals surface area contributed by atoms with Crippen LogP contribution in [0.2, 0.25) is 0 Å². The molecule has 1 aromatic heterocycles. The molecule has 2 atom stereocenters. The number of rotatable bonds is 6. The third-order valence-corrected chi connectivity index (χ3v) is 6.44. The first-order chi connectivity index (χ1) is 19.4. The van der Waals surface area contributed by atoms with Crippen molar-refractivity contribution >= 4 is 18.1 Å². The number of nitrogens with zero attached hydrogens (tertiary/aromatic N) is 2. The maximum atomic E-state index is 12.4. The fourth-order valence-corrected chi connectivity index (χ4v) is 4.34. The first-order valence-corrected chi connectivity index (χ1v) is 12.2. The molecule has 0 fully saturated rings. The Morgan fingerprint density at radius 2 is 1.60 bits per heavy atom.